The lowest BCUT2D eigenvalue weighted by atomic mass is 10.2. The molecule has 1 aromatic carbocycles. The van der Waals surface area contributed by atoms with Gasteiger partial charge in [-0.3, -0.25) is 0 Å². The van der Waals surface area contributed by atoms with Crippen LogP contribution in [0, 0.1) is 0 Å². The Morgan fingerprint density at radius 2 is 1.78 bits per heavy atom. The maximum Gasteiger partial charge on any atom is 0.417 e. The summed E-state index contributed by atoms with van der Waals surface area (Å²) in [6, 6.07) is 11.6. The van der Waals surface area contributed by atoms with Crippen LogP contribution in [0.5, 0.6) is 0 Å². The van der Waals surface area contributed by atoms with Gasteiger partial charge in [-0.1, -0.05) is 30.0 Å². The lowest BCUT2D eigenvalue weighted by Crippen LogP contribution is -2.05. The predicted molar refractivity (Wildman–Crippen MR) is 78.5 cm³/mol. The normalized spacial score (nSPS) is 11.6. The second-order valence-electron chi connectivity index (χ2n) is 4.54. The van der Waals surface area contributed by atoms with E-state index in [0.717, 1.165) is 17.8 Å². The molecule has 0 radical (unpaired) electrons. The zero-order chi connectivity index (χ0) is 16.3. The molecule has 0 aliphatic heterocycles. The standard InChI is InChI=1S/C15H10F3N3OS/c16-15(17,18)11-6-7-13(19-8-11)23-9-12-20-21-14(22-12)10-4-2-1-3-5-10/h1-8H,9H2. The van der Waals surface area contributed by atoms with Gasteiger partial charge in [-0.25, -0.2) is 4.98 Å². The number of pyridine rings is 1. The summed E-state index contributed by atoms with van der Waals surface area (Å²) in [6.07, 6.45) is -3.57. The molecule has 4 nitrogen and oxygen atoms in total. The molecule has 0 bridgehead atoms. The average Bonchev–Trinajstić information content (AvgIpc) is 3.02. The van der Waals surface area contributed by atoms with Crippen molar-refractivity contribution in [2.75, 3.05) is 0 Å². The van der Waals surface area contributed by atoms with Gasteiger partial charge < -0.3 is 4.42 Å². The second kappa shape index (κ2) is 6.41. The SMILES string of the molecule is FC(F)(F)c1ccc(SCc2nnc(-c3ccccc3)o2)nc1. The van der Waals surface area contributed by atoms with Crippen molar-refractivity contribution in [2.45, 2.75) is 17.0 Å². The molecular weight excluding hydrogens is 327 g/mol. The molecule has 0 N–H and O–H groups in total. The topological polar surface area (TPSA) is 51.8 Å². The number of hydrogen-bond donors (Lipinski definition) is 0. The fourth-order valence-corrected chi connectivity index (χ4v) is 2.46. The quantitative estimate of drug-likeness (QED) is 0.659. The Balaban J connectivity index is 1.64. The van der Waals surface area contributed by atoms with Crippen LogP contribution in [-0.2, 0) is 11.9 Å². The summed E-state index contributed by atoms with van der Waals surface area (Å²) in [5.41, 5.74) is 0.0370. The van der Waals surface area contributed by atoms with Crippen LogP contribution < -0.4 is 0 Å². The Morgan fingerprint density at radius 1 is 1.00 bits per heavy atom. The lowest BCUT2D eigenvalue weighted by molar-refractivity contribution is -0.137. The van der Waals surface area contributed by atoms with E-state index in [1.165, 1.54) is 17.8 Å². The van der Waals surface area contributed by atoms with Crippen LogP contribution in [0.2, 0.25) is 0 Å². The molecule has 0 unspecified atom stereocenters. The van der Waals surface area contributed by atoms with Crippen molar-refractivity contribution in [3.05, 3.63) is 60.1 Å². The third-order valence-corrected chi connectivity index (χ3v) is 3.82. The molecule has 2 heterocycles. The fourth-order valence-electron chi connectivity index (χ4n) is 1.78. The van der Waals surface area contributed by atoms with Crippen LogP contribution in [0.1, 0.15) is 11.5 Å². The van der Waals surface area contributed by atoms with Gasteiger partial charge in [0.15, 0.2) is 0 Å². The molecule has 0 saturated heterocycles. The molecule has 0 aliphatic rings. The number of halogens is 3. The third kappa shape index (κ3) is 3.89. The van der Waals surface area contributed by atoms with Crippen molar-refractivity contribution in [1.82, 2.24) is 15.2 Å². The highest BCUT2D eigenvalue weighted by Gasteiger charge is 2.30. The zero-order valence-corrected chi connectivity index (χ0v) is 12.4. The van der Waals surface area contributed by atoms with Crippen LogP contribution in [0.3, 0.4) is 0 Å². The molecule has 0 aliphatic carbocycles. The molecule has 0 spiro atoms. The number of rotatable bonds is 4. The summed E-state index contributed by atoms with van der Waals surface area (Å²) in [5.74, 6) is 1.12. The van der Waals surface area contributed by atoms with Gasteiger partial charge in [-0.15, -0.1) is 10.2 Å². The highest BCUT2D eigenvalue weighted by molar-refractivity contribution is 7.98. The minimum atomic E-state index is -4.38. The van der Waals surface area contributed by atoms with Crippen molar-refractivity contribution in [1.29, 1.82) is 0 Å². The average molecular weight is 337 g/mol. The fraction of sp³-hybridized carbons (Fsp3) is 0.133. The molecule has 118 valence electrons. The van der Waals surface area contributed by atoms with Crippen LogP contribution in [-0.4, -0.2) is 15.2 Å². The Labute approximate surface area is 133 Å². The maximum absolute atomic E-state index is 12.5. The van der Waals surface area contributed by atoms with Gasteiger partial charge in [0, 0.05) is 11.8 Å². The Morgan fingerprint density at radius 3 is 2.43 bits per heavy atom. The van der Waals surface area contributed by atoms with Crippen molar-refractivity contribution in [2.24, 2.45) is 0 Å². The Bertz CT molecular complexity index is 773. The van der Waals surface area contributed by atoms with Crippen LogP contribution >= 0.6 is 11.8 Å². The molecule has 8 heteroatoms. The zero-order valence-electron chi connectivity index (χ0n) is 11.6. The molecule has 23 heavy (non-hydrogen) atoms. The predicted octanol–water partition coefficient (Wildman–Crippen LogP) is 4.44. The first-order valence-corrected chi connectivity index (χ1v) is 7.55. The minimum Gasteiger partial charge on any atom is -0.420 e. The van der Waals surface area contributed by atoms with Crippen LogP contribution in [0.15, 0.2) is 58.1 Å². The molecular formula is C15H10F3N3OS. The van der Waals surface area contributed by atoms with E-state index in [1.54, 1.807) is 0 Å². The van der Waals surface area contributed by atoms with E-state index in [2.05, 4.69) is 15.2 Å². The number of nitrogens with zero attached hydrogens (tertiary/aromatic N) is 3. The summed E-state index contributed by atoms with van der Waals surface area (Å²) < 4.78 is 42.9. The number of benzene rings is 1. The van der Waals surface area contributed by atoms with Crippen molar-refractivity contribution in [3.8, 4) is 11.5 Å². The van der Waals surface area contributed by atoms with Gasteiger partial charge in [0.05, 0.1) is 16.3 Å². The van der Waals surface area contributed by atoms with Crippen molar-refractivity contribution in [3.63, 3.8) is 0 Å². The third-order valence-electron chi connectivity index (χ3n) is 2.89. The molecule has 2 aromatic heterocycles. The molecule has 0 amide bonds. The van der Waals surface area contributed by atoms with E-state index in [1.807, 2.05) is 30.3 Å². The Hall–Kier alpha value is -2.35. The second-order valence-corrected chi connectivity index (χ2v) is 5.53. The number of aromatic nitrogens is 3. The highest BCUT2D eigenvalue weighted by atomic mass is 32.2. The summed E-state index contributed by atoms with van der Waals surface area (Å²) in [6.45, 7) is 0. The first-order chi connectivity index (χ1) is 11.0. The first-order valence-electron chi connectivity index (χ1n) is 6.56. The molecule has 3 aromatic rings. The largest absolute Gasteiger partial charge is 0.420 e. The van der Waals surface area contributed by atoms with Gasteiger partial charge in [-0.2, -0.15) is 13.2 Å². The van der Waals surface area contributed by atoms with E-state index < -0.39 is 11.7 Å². The van der Waals surface area contributed by atoms with E-state index in [4.69, 9.17) is 4.42 Å². The van der Waals surface area contributed by atoms with Gasteiger partial charge in [0.2, 0.25) is 11.8 Å². The minimum absolute atomic E-state index is 0.332. The van der Waals surface area contributed by atoms with Crippen LogP contribution in [0.4, 0.5) is 13.2 Å². The smallest absolute Gasteiger partial charge is 0.417 e. The van der Waals surface area contributed by atoms with E-state index in [0.29, 0.717) is 22.6 Å². The molecule has 0 fully saturated rings. The number of hydrogen-bond acceptors (Lipinski definition) is 5. The molecule has 0 saturated carbocycles. The van der Waals surface area contributed by atoms with E-state index >= 15 is 0 Å². The van der Waals surface area contributed by atoms with Gasteiger partial charge in [-0.05, 0) is 24.3 Å². The summed E-state index contributed by atoms with van der Waals surface area (Å²) >= 11 is 1.23. The van der Waals surface area contributed by atoms with Crippen molar-refractivity contribution < 1.29 is 17.6 Å². The maximum atomic E-state index is 12.5. The van der Waals surface area contributed by atoms with Gasteiger partial charge in [0.1, 0.15) is 0 Å². The summed E-state index contributed by atoms with van der Waals surface area (Å²) in [7, 11) is 0. The van der Waals surface area contributed by atoms with Gasteiger partial charge >= 0.3 is 6.18 Å². The van der Waals surface area contributed by atoms with Crippen molar-refractivity contribution >= 4 is 11.8 Å². The molecule has 0 atom stereocenters. The van der Waals surface area contributed by atoms with E-state index in [-0.39, 0.29) is 0 Å². The summed E-state index contributed by atoms with van der Waals surface area (Å²) in [4.78, 5) is 3.78. The molecule has 3 rings (SSSR count). The number of thioether (sulfide) groups is 1. The number of alkyl halides is 3. The summed E-state index contributed by atoms with van der Waals surface area (Å²) in [5, 5.41) is 8.32. The van der Waals surface area contributed by atoms with Gasteiger partial charge in [0.25, 0.3) is 0 Å². The van der Waals surface area contributed by atoms with Crippen LogP contribution in [0.25, 0.3) is 11.5 Å². The monoisotopic (exact) mass is 337 g/mol. The first kappa shape index (κ1) is 15.5. The highest BCUT2D eigenvalue weighted by Crippen LogP contribution is 2.30. The van der Waals surface area contributed by atoms with E-state index in [9.17, 15) is 13.2 Å². The Kier molecular flexibility index (Phi) is 4.33. The lowest BCUT2D eigenvalue weighted by Gasteiger charge is -2.05.